The first-order valence-corrected chi connectivity index (χ1v) is 11.6. The Labute approximate surface area is 167 Å². The van der Waals surface area contributed by atoms with Gasteiger partial charge < -0.3 is 10.1 Å². The first-order valence-electron chi connectivity index (χ1n) is 11.6. The van der Waals surface area contributed by atoms with Gasteiger partial charge in [0, 0.05) is 5.92 Å². The number of carbonyl (C=O) groups is 2. The Bertz CT molecular complexity index is 391. The van der Waals surface area contributed by atoms with Gasteiger partial charge in [-0.25, -0.2) is 4.79 Å². The van der Waals surface area contributed by atoms with E-state index in [0.717, 1.165) is 38.5 Å². The Morgan fingerprint density at radius 1 is 0.852 bits per heavy atom. The molecule has 0 heterocycles. The van der Waals surface area contributed by atoms with E-state index >= 15 is 0 Å². The lowest BCUT2D eigenvalue weighted by Crippen LogP contribution is -2.43. The number of rotatable bonds is 15. The molecule has 0 aliphatic heterocycles. The van der Waals surface area contributed by atoms with E-state index in [1.165, 1.54) is 64.2 Å². The Morgan fingerprint density at radius 2 is 1.37 bits per heavy atom. The summed E-state index contributed by atoms with van der Waals surface area (Å²) >= 11 is 0. The lowest BCUT2D eigenvalue weighted by Gasteiger charge is -2.22. The standard InChI is InChI=1S/C23H43NO3/c1-3-4-5-6-7-8-9-10-11-12-16-19-27-23(26)20(2)24-22(25)21-17-14-13-15-18-21/h20-21H,3-19H2,1-2H3,(H,24,25)/t20-/m0/s1. The fourth-order valence-electron chi connectivity index (χ4n) is 3.82. The molecule has 1 aliphatic carbocycles. The monoisotopic (exact) mass is 381 g/mol. The normalized spacial score (nSPS) is 16.1. The second kappa shape index (κ2) is 15.9. The Hall–Kier alpha value is -1.06. The van der Waals surface area contributed by atoms with Crippen LogP contribution in [-0.4, -0.2) is 24.5 Å². The van der Waals surface area contributed by atoms with Crippen LogP contribution in [0.15, 0.2) is 0 Å². The number of esters is 1. The lowest BCUT2D eigenvalue weighted by atomic mass is 9.88. The fourth-order valence-corrected chi connectivity index (χ4v) is 3.82. The molecule has 1 N–H and O–H groups in total. The number of nitrogens with one attached hydrogen (secondary N) is 1. The summed E-state index contributed by atoms with van der Waals surface area (Å²) < 4.78 is 5.32. The molecule has 0 radical (unpaired) electrons. The summed E-state index contributed by atoms with van der Waals surface area (Å²) in [7, 11) is 0. The van der Waals surface area contributed by atoms with Gasteiger partial charge in [-0.05, 0) is 26.2 Å². The van der Waals surface area contributed by atoms with Gasteiger partial charge in [-0.15, -0.1) is 0 Å². The molecule has 0 aromatic carbocycles. The Balaban J connectivity index is 1.93. The van der Waals surface area contributed by atoms with Gasteiger partial charge >= 0.3 is 5.97 Å². The molecule has 0 spiro atoms. The predicted octanol–water partition coefficient (Wildman–Crippen LogP) is 5.93. The van der Waals surface area contributed by atoms with Crippen molar-refractivity contribution in [2.45, 2.75) is 123 Å². The molecule has 0 bridgehead atoms. The highest BCUT2D eigenvalue weighted by Crippen LogP contribution is 2.23. The van der Waals surface area contributed by atoms with E-state index in [2.05, 4.69) is 12.2 Å². The molecule has 158 valence electrons. The van der Waals surface area contributed by atoms with Crippen LogP contribution in [0.2, 0.25) is 0 Å². The minimum absolute atomic E-state index is 0.0221. The largest absolute Gasteiger partial charge is 0.464 e. The molecule has 1 saturated carbocycles. The van der Waals surface area contributed by atoms with Gasteiger partial charge in [0.05, 0.1) is 6.61 Å². The van der Waals surface area contributed by atoms with Crippen molar-refractivity contribution in [1.29, 1.82) is 0 Å². The van der Waals surface area contributed by atoms with Gasteiger partial charge in [0.2, 0.25) is 5.91 Å². The number of hydrogen-bond acceptors (Lipinski definition) is 3. The summed E-state index contributed by atoms with van der Waals surface area (Å²) in [6.45, 7) is 4.45. The molecule has 0 saturated heterocycles. The summed E-state index contributed by atoms with van der Waals surface area (Å²) in [5.41, 5.74) is 0. The maximum atomic E-state index is 12.2. The summed E-state index contributed by atoms with van der Waals surface area (Å²) in [6.07, 6.45) is 19.5. The van der Waals surface area contributed by atoms with E-state index in [4.69, 9.17) is 4.74 Å². The fraction of sp³-hybridized carbons (Fsp3) is 0.913. The van der Waals surface area contributed by atoms with Crippen LogP contribution in [-0.2, 0) is 14.3 Å². The van der Waals surface area contributed by atoms with Gasteiger partial charge in [-0.2, -0.15) is 0 Å². The summed E-state index contributed by atoms with van der Waals surface area (Å²) in [5.74, 6) is -0.194. The first-order chi connectivity index (χ1) is 13.1. The zero-order valence-electron chi connectivity index (χ0n) is 17.9. The molecule has 27 heavy (non-hydrogen) atoms. The van der Waals surface area contributed by atoms with Crippen LogP contribution in [0.5, 0.6) is 0 Å². The van der Waals surface area contributed by atoms with Crippen LogP contribution in [0.4, 0.5) is 0 Å². The van der Waals surface area contributed by atoms with E-state index in [-0.39, 0.29) is 17.8 Å². The maximum absolute atomic E-state index is 12.2. The average molecular weight is 382 g/mol. The van der Waals surface area contributed by atoms with Gasteiger partial charge in [0.25, 0.3) is 0 Å². The molecular formula is C23H43NO3. The van der Waals surface area contributed by atoms with Gasteiger partial charge in [-0.3, -0.25) is 4.79 Å². The third-order valence-corrected chi connectivity index (χ3v) is 5.68. The zero-order valence-corrected chi connectivity index (χ0v) is 17.9. The van der Waals surface area contributed by atoms with Crippen LogP contribution in [0.3, 0.4) is 0 Å². The summed E-state index contributed by atoms with van der Waals surface area (Å²) in [4.78, 5) is 24.2. The molecule has 0 unspecified atom stereocenters. The van der Waals surface area contributed by atoms with Crippen molar-refractivity contribution >= 4 is 11.9 Å². The summed E-state index contributed by atoms with van der Waals surface area (Å²) in [5, 5.41) is 2.83. The zero-order chi connectivity index (χ0) is 19.7. The third kappa shape index (κ3) is 12.1. The van der Waals surface area contributed by atoms with Crippen molar-refractivity contribution in [2.24, 2.45) is 5.92 Å². The number of ether oxygens (including phenoxy) is 1. The van der Waals surface area contributed by atoms with E-state index in [1.807, 2.05) is 0 Å². The lowest BCUT2D eigenvalue weighted by molar-refractivity contribution is -0.148. The van der Waals surface area contributed by atoms with Crippen molar-refractivity contribution in [2.75, 3.05) is 6.61 Å². The van der Waals surface area contributed by atoms with Crippen LogP contribution in [0.25, 0.3) is 0 Å². The molecule has 1 aliphatic rings. The highest BCUT2D eigenvalue weighted by molar-refractivity contribution is 5.85. The van der Waals surface area contributed by atoms with Gasteiger partial charge in [-0.1, -0.05) is 90.4 Å². The van der Waals surface area contributed by atoms with E-state index in [1.54, 1.807) is 6.92 Å². The summed E-state index contributed by atoms with van der Waals surface area (Å²) in [6, 6.07) is -0.535. The average Bonchev–Trinajstić information content (AvgIpc) is 2.69. The topological polar surface area (TPSA) is 55.4 Å². The van der Waals surface area contributed by atoms with Crippen molar-refractivity contribution in [1.82, 2.24) is 5.32 Å². The molecule has 1 atom stereocenters. The second-order valence-corrected chi connectivity index (χ2v) is 8.27. The highest BCUT2D eigenvalue weighted by atomic mass is 16.5. The smallest absolute Gasteiger partial charge is 0.328 e. The number of amides is 1. The SMILES string of the molecule is CCCCCCCCCCCCCOC(=O)[C@H](C)NC(=O)C1CCCCC1. The van der Waals surface area contributed by atoms with Gasteiger partial charge in [0.1, 0.15) is 6.04 Å². The minimum atomic E-state index is -0.535. The third-order valence-electron chi connectivity index (χ3n) is 5.68. The van der Waals surface area contributed by atoms with Crippen LogP contribution < -0.4 is 5.32 Å². The van der Waals surface area contributed by atoms with Crippen LogP contribution in [0.1, 0.15) is 117 Å². The predicted molar refractivity (Wildman–Crippen MR) is 112 cm³/mol. The Morgan fingerprint density at radius 3 is 1.93 bits per heavy atom. The van der Waals surface area contributed by atoms with E-state index in [9.17, 15) is 9.59 Å². The minimum Gasteiger partial charge on any atom is -0.464 e. The quantitative estimate of drug-likeness (QED) is 0.283. The molecule has 0 aromatic heterocycles. The van der Waals surface area contributed by atoms with Crippen LogP contribution in [0, 0.1) is 5.92 Å². The highest BCUT2D eigenvalue weighted by Gasteiger charge is 2.24. The first kappa shape index (κ1) is 24.0. The molecule has 0 aromatic rings. The van der Waals surface area contributed by atoms with Crippen LogP contribution >= 0.6 is 0 Å². The molecular weight excluding hydrogens is 338 g/mol. The van der Waals surface area contributed by atoms with Crippen molar-refractivity contribution in [3.8, 4) is 0 Å². The Kier molecular flexibility index (Phi) is 14.2. The maximum Gasteiger partial charge on any atom is 0.328 e. The number of carbonyl (C=O) groups excluding carboxylic acids is 2. The van der Waals surface area contributed by atoms with Crippen molar-refractivity contribution in [3.05, 3.63) is 0 Å². The molecule has 4 nitrogen and oxygen atoms in total. The van der Waals surface area contributed by atoms with Crippen molar-refractivity contribution < 1.29 is 14.3 Å². The number of unbranched alkanes of at least 4 members (excludes halogenated alkanes) is 10. The number of hydrogen-bond donors (Lipinski definition) is 1. The van der Waals surface area contributed by atoms with E-state index in [0.29, 0.717) is 6.61 Å². The molecule has 1 rings (SSSR count). The van der Waals surface area contributed by atoms with Gasteiger partial charge in [0.15, 0.2) is 0 Å². The molecule has 1 fully saturated rings. The molecule has 4 heteroatoms. The second-order valence-electron chi connectivity index (χ2n) is 8.27. The van der Waals surface area contributed by atoms with E-state index < -0.39 is 6.04 Å². The van der Waals surface area contributed by atoms with Crippen molar-refractivity contribution in [3.63, 3.8) is 0 Å². The molecule has 1 amide bonds.